The van der Waals surface area contributed by atoms with E-state index in [1.54, 1.807) is 0 Å². The number of hydrogen-bond acceptors (Lipinski definition) is 2. The zero-order valence-corrected chi connectivity index (χ0v) is 13.5. The lowest BCUT2D eigenvalue weighted by Gasteiger charge is -1.77. The van der Waals surface area contributed by atoms with Crippen LogP contribution >= 0.6 is 0 Å². The first-order valence-corrected chi connectivity index (χ1v) is 6.51. The van der Waals surface area contributed by atoms with Gasteiger partial charge in [0.2, 0.25) is 5.91 Å². The summed E-state index contributed by atoms with van der Waals surface area (Å²) < 4.78 is 4.00. The average molecular weight is 339 g/mol. The second kappa shape index (κ2) is 20.2. The number of carbonyl (C=O) groups is 2. The van der Waals surface area contributed by atoms with Gasteiger partial charge in [0.25, 0.3) is 5.97 Å². The zero-order chi connectivity index (χ0) is 17.4. The van der Waals surface area contributed by atoms with E-state index in [0.29, 0.717) is 0 Å². The van der Waals surface area contributed by atoms with E-state index in [1.807, 2.05) is 84.4 Å². The lowest BCUT2D eigenvalue weighted by Crippen LogP contribution is -2.25. The fraction of sp³-hybridized carbons (Fsp3) is 0.333. The molecule has 0 bridgehead atoms. The van der Waals surface area contributed by atoms with Gasteiger partial charge in [-0.2, -0.15) is 0 Å². The van der Waals surface area contributed by atoms with Crippen molar-refractivity contribution in [3.8, 4) is 0 Å². The normalized spacial score (nSPS) is 7.17. The number of aliphatic carboxylic acids is 1. The number of aryl methyl sites for hydroxylation is 2. The maximum Gasteiger partial charge on any atom is 0.300 e. The molecule has 0 fully saturated rings. The summed E-state index contributed by atoms with van der Waals surface area (Å²) in [6.45, 7) is 2.39. The third kappa shape index (κ3) is 36.5. The molecular weight excluding hydrogens is 306 g/mol. The molecule has 24 heavy (non-hydrogen) atoms. The first-order chi connectivity index (χ1) is 10.3. The van der Waals surface area contributed by atoms with E-state index in [4.69, 9.17) is 9.90 Å². The van der Waals surface area contributed by atoms with Crippen LogP contribution in [0, 0.1) is 0 Å². The molecule has 1 amide bonds. The molecule has 2 aromatic heterocycles. The van der Waals surface area contributed by atoms with Crippen LogP contribution < -0.4 is 14.9 Å². The van der Waals surface area contributed by atoms with Gasteiger partial charge in [0.1, 0.15) is 14.1 Å². The summed E-state index contributed by atoms with van der Waals surface area (Å²) in [5.74, 6) is -1.17. The molecule has 136 valence electrons. The lowest BCUT2D eigenvalue weighted by molar-refractivity contribution is -0.671. The number of primary amides is 1. The van der Waals surface area contributed by atoms with Crippen LogP contribution in [0.4, 0.5) is 0 Å². The number of aromatic nitrogens is 2. The van der Waals surface area contributed by atoms with Gasteiger partial charge >= 0.3 is 0 Å². The molecule has 0 atom stereocenters. The van der Waals surface area contributed by atoms with Crippen LogP contribution in [0.15, 0.2) is 61.2 Å². The van der Waals surface area contributed by atoms with Crippen molar-refractivity contribution in [2.75, 3.05) is 0 Å². The molecule has 0 aliphatic rings. The van der Waals surface area contributed by atoms with E-state index in [1.165, 1.54) is 6.92 Å². The Labute approximate surface area is 146 Å². The second-order valence-electron chi connectivity index (χ2n) is 4.21. The Hall–Kier alpha value is -2.76. The number of carboxylic acids is 1. The van der Waals surface area contributed by atoms with Crippen LogP contribution in [0.3, 0.4) is 0 Å². The maximum atomic E-state index is 9.22. The van der Waals surface area contributed by atoms with E-state index in [9.17, 15) is 4.79 Å². The minimum absolute atomic E-state index is 0. The topological polar surface area (TPSA) is 88.1 Å². The summed E-state index contributed by atoms with van der Waals surface area (Å²) in [4.78, 5) is 18.2. The van der Waals surface area contributed by atoms with Crippen LogP contribution in [0.2, 0.25) is 0 Å². The monoisotopic (exact) mass is 339 g/mol. The van der Waals surface area contributed by atoms with E-state index in [2.05, 4.69) is 5.73 Å². The third-order valence-electron chi connectivity index (χ3n) is 1.73. The Morgan fingerprint density at radius 2 is 0.917 bits per heavy atom. The highest BCUT2D eigenvalue weighted by Crippen LogP contribution is 1.72. The Morgan fingerprint density at radius 3 is 1.00 bits per heavy atom. The Morgan fingerprint density at radius 1 is 0.750 bits per heavy atom. The third-order valence-corrected chi connectivity index (χ3v) is 1.73. The quantitative estimate of drug-likeness (QED) is 0.718. The van der Waals surface area contributed by atoms with Crippen molar-refractivity contribution >= 4 is 11.9 Å². The summed E-state index contributed by atoms with van der Waals surface area (Å²) in [6.07, 6.45) is 8.00. The number of nitrogens with two attached hydrogens (primary N) is 1. The van der Waals surface area contributed by atoms with E-state index < -0.39 is 5.97 Å². The lowest BCUT2D eigenvalue weighted by atomic mass is 10.5. The average Bonchev–Trinajstić information content (AvgIpc) is 2.40. The molecule has 0 unspecified atom stereocenters. The van der Waals surface area contributed by atoms with Gasteiger partial charge in [-0.3, -0.25) is 9.59 Å². The standard InChI is InChI=1S/2C6H8N.C2H5NO.C2H4O2.2CH4/c2*1-7-5-3-2-4-6-7;2*1-2(3)4;;/h2*2-6H,1H3;1H3,(H2,3,4);1H3,(H,3,4);2*1H4/q2*+1;;;;. The molecule has 0 aliphatic carbocycles. The number of carboxylic acid groups (broad SMARTS) is 1. The molecule has 0 saturated heterocycles. The molecule has 3 N–H and O–H groups in total. The maximum absolute atomic E-state index is 9.22. The number of rotatable bonds is 0. The minimum Gasteiger partial charge on any atom is -0.481 e. The number of nitrogens with zero attached hydrogens (tertiary/aromatic N) is 2. The van der Waals surface area contributed by atoms with E-state index in [0.717, 1.165) is 6.92 Å². The molecule has 6 heteroatoms. The molecule has 2 aromatic rings. The van der Waals surface area contributed by atoms with Gasteiger partial charge in [0.15, 0.2) is 24.8 Å². The Kier molecular flexibility index (Phi) is 24.7. The van der Waals surface area contributed by atoms with Crippen LogP contribution in [0.5, 0.6) is 0 Å². The van der Waals surface area contributed by atoms with Crippen molar-refractivity contribution in [3.63, 3.8) is 0 Å². The number of pyridine rings is 2. The van der Waals surface area contributed by atoms with Crippen molar-refractivity contribution in [1.29, 1.82) is 0 Å². The summed E-state index contributed by atoms with van der Waals surface area (Å²) in [6, 6.07) is 12.0. The highest BCUT2D eigenvalue weighted by atomic mass is 16.4. The van der Waals surface area contributed by atoms with Gasteiger partial charge in [0.05, 0.1) is 0 Å². The minimum atomic E-state index is -0.833. The molecule has 0 aliphatic heterocycles. The summed E-state index contributed by atoms with van der Waals surface area (Å²) >= 11 is 0. The molecule has 0 aromatic carbocycles. The van der Waals surface area contributed by atoms with Crippen molar-refractivity contribution < 1.29 is 23.8 Å². The van der Waals surface area contributed by atoms with Crippen LogP contribution in [-0.4, -0.2) is 17.0 Å². The number of hydrogen-bond donors (Lipinski definition) is 2. The predicted molar refractivity (Wildman–Crippen MR) is 96.9 cm³/mol. The molecule has 2 rings (SSSR count). The predicted octanol–water partition coefficient (Wildman–Crippen LogP) is 1.88. The molecular formula is C18H33N3O3+2. The highest BCUT2D eigenvalue weighted by molar-refractivity contribution is 5.70. The van der Waals surface area contributed by atoms with Crippen molar-refractivity contribution in [1.82, 2.24) is 0 Å². The van der Waals surface area contributed by atoms with E-state index in [-0.39, 0.29) is 20.8 Å². The van der Waals surface area contributed by atoms with E-state index >= 15 is 0 Å². The van der Waals surface area contributed by atoms with Crippen LogP contribution in [-0.2, 0) is 23.7 Å². The Balaban J connectivity index is -0.000000112. The Bertz CT molecular complexity index is 460. The summed E-state index contributed by atoms with van der Waals surface area (Å²) in [5, 5.41) is 7.42. The fourth-order valence-corrected chi connectivity index (χ4v) is 0.969. The highest BCUT2D eigenvalue weighted by Gasteiger charge is 1.79. The smallest absolute Gasteiger partial charge is 0.300 e. The fourth-order valence-electron chi connectivity index (χ4n) is 0.969. The molecule has 2 heterocycles. The zero-order valence-electron chi connectivity index (χ0n) is 13.5. The van der Waals surface area contributed by atoms with Gasteiger partial charge in [0, 0.05) is 38.1 Å². The number of amides is 1. The van der Waals surface area contributed by atoms with Crippen molar-refractivity contribution in [2.45, 2.75) is 28.7 Å². The first-order valence-electron chi connectivity index (χ1n) is 6.51. The van der Waals surface area contributed by atoms with Crippen molar-refractivity contribution in [2.24, 2.45) is 19.8 Å². The van der Waals surface area contributed by atoms with Gasteiger partial charge in [-0.05, 0) is 0 Å². The first kappa shape index (κ1) is 29.3. The van der Waals surface area contributed by atoms with Gasteiger partial charge in [-0.1, -0.05) is 27.0 Å². The molecule has 0 radical (unpaired) electrons. The number of carbonyl (C=O) groups excluding carboxylic acids is 1. The van der Waals surface area contributed by atoms with Gasteiger partial charge in [-0.15, -0.1) is 0 Å². The summed E-state index contributed by atoms with van der Waals surface area (Å²) in [5.41, 5.74) is 4.47. The second-order valence-corrected chi connectivity index (χ2v) is 4.21. The van der Waals surface area contributed by atoms with Crippen LogP contribution in [0.25, 0.3) is 0 Å². The molecule has 6 nitrogen and oxygen atoms in total. The largest absolute Gasteiger partial charge is 0.481 e. The van der Waals surface area contributed by atoms with Crippen LogP contribution in [0.1, 0.15) is 28.7 Å². The van der Waals surface area contributed by atoms with Crippen molar-refractivity contribution in [3.05, 3.63) is 61.2 Å². The summed E-state index contributed by atoms with van der Waals surface area (Å²) in [7, 11) is 4.00. The molecule has 0 saturated carbocycles. The van der Waals surface area contributed by atoms with Gasteiger partial charge < -0.3 is 10.8 Å². The molecule has 0 spiro atoms. The van der Waals surface area contributed by atoms with Gasteiger partial charge in [-0.25, -0.2) is 9.13 Å². The SMILES string of the molecule is C.C.CC(=O)O.CC(N)=O.C[n+]1ccccc1.C[n+]1ccccc1.